The van der Waals surface area contributed by atoms with Gasteiger partial charge in [-0.2, -0.15) is 0 Å². The van der Waals surface area contributed by atoms with Gasteiger partial charge in [0.05, 0.1) is 26.2 Å². The van der Waals surface area contributed by atoms with Crippen LogP contribution in [0.3, 0.4) is 0 Å². The van der Waals surface area contributed by atoms with Crippen LogP contribution in [0, 0.1) is 0 Å². The summed E-state index contributed by atoms with van der Waals surface area (Å²) >= 11 is 0. The van der Waals surface area contributed by atoms with Gasteiger partial charge in [-0.3, -0.25) is 62.8 Å². The van der Waals surface area contributed by atoms with Gasteiger partial charge in [0.15, 0.2) is 0 Å². The quantitative estimate of drug-likeness (QED) is 0.0301. The first kappa shape index (κ1) is 68.5. The number of carboxylic acid groups (broad SMARTS) is 7. The molecule has 1 heterocycles. The number of carbonyl (C=O) groups is 13. The highest BCUT2D eigenvalue weighted by Gasteiger charge is 2.32. The maximum absolute atomic E-state index is 14.4. The topological polar surface area (TPSA) is 461 Å². The van der Waals surface area contributed by atoms with E-state index in [-0.39, 0.29) is 91.4 Å². The number of benzene rings is 2. The van der Waals surface area contributed by atoms with Gasteiger partial charge in [-0.15, -0.1) is 0 Å². The third kappa shape index (κ3) is 29.0. The highest BCUT2D eigenvalue weighted by Crippen LogP contribution is 2.10. The van der Waals surface area contributed by atoms with E-state index in [0.717, 1.165) is 0 Å². The third-order valence-electron chi connectivity index (χ3n) is 12.8. The molecule has 83 heavy (non-hydrogen) atoms. The van der Waals surface area contributed by atoms with Gasteiger partial charge in [-0.1, -0.05) is 60.7 Å². The zero-order valence-electron chi connectivity index (χ0n) is 45.4. The summed E-state index contributed by atoms with van der Waals surface area (Å²) in [5.41, 5.74) is 1.16. The molecule has 1 saturated heterocycles. The predicted molar refractivity (Wildman–Crippen MR) is 288 cm³/mol. The van der Waals surface area contributed by atoms with Crippen LogP contribution in [0.15, 0.2) is 60.7 Å². The number of rotatable bonds is 34. The van der Waals surface area contributed by atoms with E-state index in [2.05, 4.69) is 26.6 Å². The van der Waals surface area contributed by atoms with Crippen molar-refractivity contribution in [1.82, 2.24) is 56.8 Å². The summed E-state index contributed by atoms with van der Waals surface area (Å²) < 4.78 is 0. The largest absolute Gasteiger partial charge is 0.481 e. The average molecular weight is 1170 g/mol. The van der Waals surface area contributed by atoms with E-state index in [0.29, 0.717) is 11.1 Å². The van der Waals surface area contributed by atoms with Gasteiger partial charge in [-0.05, 0) is 30.4 Å². The Balaban J connectivity index is 1.68. The van der Waals surface area contributed by atoms with E-state index in [1.54, 1.807) is 80.3 Å². The molecule has 0 aliphatic carbocycles. The second kappa shape index (κ2) is 36.5. The van der Waals surface area contributed by atoms with E-state index in [1.165, 1.54) is 0 Å². The van der Waals surface area contributed by atoms with Crippen molar-refractivity contribution in [2.75, 3.05) is 91.6 Å². The Labute approximate surface area is 476 Å². The maximum atomic E-state index is 14.4. The Morgan fingerprint density at radius 2 is 0.675 bits per heavy atom. The molecule has 456 valence electrons. The van der Waals surface area contributed by atoms with Gasteiger partial charge in [0, 0.05) is 97.6 Å². The summed E-state index contributed by atoms with van der Waals surface area (Å²) in [6.45, 7) is -0.833. The number of hydrogen-bond donors (Lipinski definition) is 14. The van der Waals surface area contributed by atoms with Crippen molar-refractivity contribution in [3.05, 3.63) is 71.8 Å². The van der Waals surface area contributed by atoms with Crippen LogP contribution in [0.1, 0.15) is 49.7 Å². The molecule has 1 fully saturated rings. The SMILES string of the molecule is O=C(O)CCC(NC(=O)NC(CCC(=O)NCCNC(=O)CC[C@@H](NC(=O)C(Cc1ccccc1)NC(=O)C(Cc1ccccc1)NC(=O)CN1CCN(CC(=O)O)CCN(CC(=O)O)CCN(CC(=O)O)CC1)C(=O)O)C(=O)O)C(=O)O. The van der Waals surface area contributed by atoms with E-state index < -0.39 is 159 Å². The fourth-order valence-electron chi connectivity index (χ4n) is 8.42. The minimum absolute atomic E-state index is 0.0825. The molecular formula is C52H73N11O20. The number of carboxylic acids is 7. The maximum Gasteiger partial charge on any atom is 0.326 e. The Morgan fingerprint density at radius 1 is 0.361 bits per heavy atom. The molecule has 0 bridgehead atoms. The van der Waals surface area contributed by atoms with Crippen molar-refractivity contribution >= 4 is 77.4 Å². The molecule has 2 aromatic rings. The fourth-order valence-corrected chi connectivity index (χ4v) is 8.42. The zero-order chi connectivity index (χ0) is 61.4. The van der Waals surface area contributed by atoms with Crippen LogP contribution >= 0.6 is 0 Å². The van der Waals surface area contributed by atoms with E-state index in [9.17, 15) is 93.0 Å². The second-order valence-electron chi connectivity index (χ2n) is 19.4. The molecule has 7 amide bonds. The highest BCUT2D eigenvalue weighted by molar-refractivity contribution is 5.94. The minimum atomic E-state index is -1.66. The number of amides is 7. The lowest BCUT2D eigenvalue weighted by atomic mass is 10.0. The van der Waals surface area contributed by atoms with Crippen LogP contribution in [-0.2, 0) is 70.4 Å². The van der Waals surface area contributed by atoms with Crippen molar-refractivity contribution in [3.63, 3.8) is 0 Å². The summed E-state index contributed by atoms with van der Waals surface area (Å²) in [6, 6.07) is 7.98. The van der Waals surface area contributed by atoms with Crippen molar-refractivity contribution in [3.8, 4) is 0 Å². The Hall–Kier alpha value is -8.81. The number of hydrogen-bond acceptors (Lipinski definition) is 17. The van der Waals surface area contributed by atoms with Gasteiger partial charge in [0.25, 0.3) is 0 Å². The van der Waals surface area contributed by atoms with Crippen molar-refractivity contribution in [2.24, 2.45) is 0 Å². The first-order valence-electron chi connectivity index (χ1n) is 26.4. The number of nitrogens with one attached hydrogen (secondary N) is 7. The Morgan fingerprint density at radius 3 is 1.01 bits per heavy atom. The molecule has 4 unspecified atom stereocenters. The molecule has 3 rings (SSSR count). The summed E-state index contributed by atoms with van der Waals surface area (Å²) in [6.07, 6.45) is -3.10. The predicted octanol–water partition coefficient (Wildman–Crippen LogP) is -3.65. The van der Waals surface area contributed by atoms with Crippen LogP contribution in [0.4, 0.5) is 4.79 Å². The lowest BCUT2D eigenvalue weighted by Crippen LogP contribution is -2.57. The zero-order valence-corrected chi connectivity index (χ0v) is 45.4. The second-order valence-corrected chi connectivity index (χ2v) is 19.4. The van der Waals surface area contributed by atoms with Gasteiger partial charge in [0.2, 0.25) is 29.5 Å². The molecule has 5 atom stereocenters. The third-order valence-corrected chi connectivity index (χ3v) is 12.8. The molecule has 31 nitrogen and oxygen atoms in total. The lowest BCUT2D eigenvalue weighted by molar-refractivity contribution is -0.143. The molecule has 0 aromatic heterocycles. The molecule has 0 saturated carbocycles. The first-order chi connectivity index (χ1) is 39.4. The number of carbonyl (C=O) groups excluding carboxylic acids is 6. The first-order valence-corrected chi connectivity index (χ1v) is 26.4. The summed E-state index contributed by atoms with van der Waals surface area (Å²) in [7, 11) is 0. The Bertz CT molecular complexity index is 2510. The molecule has 31 heteroatoms. The number of aliphatic carboxylic acids is 7. The van der Waals surface area contributed by atoms with E-state index in [1.807, 2.05) is 10.6 Å². The van der Waals surface area contributed by atoms with Crippen LogP contribution < -0.4 is 37.2 Å². The van der Waals surface area contributed by atoms with Gasteiger partial charge < -0.3 is 73.0 Å². The van der Waals surface area contributed by atoms with Crippen LogP contribution in [0.5, 0.6) is 0 Å². The lowest BCUT2D eigenvalue weighted by Gasteiger charge is -2.33. The smallest absolute Gasteiger partial charge is 0.326 e. The number of urea groups is 1. The van der Waals surface area contributed by atoms with E-state index in [4.69, 9.17) is 5.11 Å². The molecule has 0 spiro atoms. The highest BCUT2D eigenvalue weighted by atomic mass is 16.4. The van der Waals surface area contributed by atoms with Gasteiger partial charge >= 0.3 is 47.8 Å². The molecule has 2 aromatic carbocycles. The fraction of sp³-hybridized carbons (Fsp3) is 0.519. The van der Waals surface area contributed by atoms with Crippen LogP contribution in [0.2, 0.25) is 0 Å². The Kier molecular flexibility index (Phi) is 30.1. The average Bonchev–Trinajstić information content (AvgIpc) is 3.53. The molecule has 0 radical (unpaired) electrons. The van der Waals surface area contributed by atoms with Crippen LogP contribution in [0.25, 0.3) is 0 Å². The molecule has 14 N–H and O–H groups in total. The summed E-state index contributed by atoms with van der Waals surface area (Å²) in [5, 5.41) is 83.1. The number of nitrogens with zero attached hydrogens (tertiary/aromatic N) is 4. The van der Waals surface area contributed by atoms with Gasteiger partial charge in [-0.25, -0.2) is 19.2 Å². The van der Waals surface area contributed by atoms with Crippen molar-refractivity contribution < 1.29 is 98.1 Å². The van der Waals surface area contributed by atoms with Crippen molar-refractivity contribution in [1.29, 1.82) is 0 Å². The van der Waals surface area contributed by atoms with Crippen LogP contribution in [-0.4, -0.2) is 255 Å². The summed E-state index contributed by atoms with van der Waals surface area (Å²) in [5.74, 6) is -13.2. The van der Waals surface area contributed by atoms with Gasteiger partial charge in [0.1, 0.15) is 30.2 Å². The molecule has 1 aliphatic heterocycles. The minimum Gasteiger partial charge on any atom is -0.481 e. The normalized spacial score (nSPS) is 15.6. The standard InChI is InChI=1S/C52H73N11O20/c64-40(53-17-18-54-41(65)15-12-36(50(79)80)58-52(83)59-37(51(81)82)13-16-43(67)68)14-11-35(49(77)78)56-48(76)39(28-34-9-5-2-6-10-34)57-47(75)38(27-33-7-3-1-4-8-33)55-42(66)29-60-19-21-61(30-44(69)70)23-25-63(32-46(73)74)26-24-62(22-20-60)31-45(71)72/h1-10,35-39H,11-32H2,(H,53,64)(H,54,65)(H,55,66)(H,56,76)(H,57,75)(H,67,68)(H,69,70)(H,71,72)(H,73,74)(H,77,78)(H,79,80)(H,81,82)(H2,58,59,83)/t35-,36?,37?,38?,39?/m1/s1. The van der Waals surface area contributed by atoms with Crippen molar-refractivity contribution in [2.45, 2.75) is 81.6 Å². The molecule has 1 aliphatic rings. The monoisotopic (exact) mass is 1170 g/mol. The summed E-state index contributed by atoms with van der Waals surface area (Å²) in [4.78, 5) is 168. The van der Waals surface area contributed by atoms with E-state index >= 15 is 0 Å². The molecular weight excluding hydrogens is 1100 g/mol.